The maximum absolute atomic E-state index is 11.3. The number of hydrogen-bond donors (Lipinski definition) is 1. The van der Waals surface area contributed by atoms with E-state index in [-0.39, 0.29) is 12.6 Å². The zero-order valence-electron chi connectivity index (χ0n) is 6.95. The van der Waals surface area contributed by atoms with Gasteiger partial charge >= 0.3 is 0 Å². The molecule has 0 amide bonds. The SMILES string of the molecule is C#CCN(C)S(=O)(=O)NC1CC1. The van der Waals surface area contributed by atoms with Gasteiger partial charge < -0.3 is 0 Å². The molecule has 1 saturated carbocycles. The van der Waals surface area contributed by atoms with E-state index in [2.05, 4.69) is 10.6 Å². The Kier molecular flexibility index (Phi) is 2.73. The lowest BCUT2D eigenvalue weighted by atomic mass is 10.7. The summed E-state index contributed by atoms with van der Waals surface area (Å²) >= 11 is 0. The minimum Gasteiger partial charge on any atom is -0.199 e. The summed E-state index contributed by atoms with van der Waals surface area (Å²) in [4.78, 5) is 0. The second kappa shape index (κ2) is 3.44. The van der Waals surface area contributed by atoms with Crippen LogP contribution in [0.25, 0.3) is 0 Å². The van der Waals surface area contributed by atoms with Crippen molar-refractivity contribution < 1.29 is 8.42 Å². The lowest BCUT2D eigenvalue weighted by molar-refractivity contribution is 0.488. The Bertz CT molecular complexity index is 287. The molecule has 1 aliphatic rings. The van der Waals surface area contributed by atoms with Crippen LogP contribution in [0.15, 0.2) is 0 Å². The summed E-state index contributed by atoms with van der Waals surface area (Å²) in [6, 6.07) is 0.134. The summed E-state index contributed by atoms with van der Waals surface area (Å²) in [6.45, 7) is 0.113. The molecule has 0 bridgehead atoms. The van der Waals surface area contributed by atoms with E-state index in [9.17, 15) is 8.42 Å². The quantitative estimate of drug-likeness (QED) is 0.607. The Morgan fingerprint density at radius 1 is 1.67 bits per heavy atom. The second-order valence-corrected chi connectivity index (χ2v) is 4.67. The van der Waals surface area contributed by atoms with E-state index in [0.717, 1.165) is 17.1 Å². The van der Waals surface area contributed by atoms with Crippen molar-refractivity contribution in [3.63, 3.8) is 0 Å². The predicted molar refractivity (Wildman–Crippen MR) is 46.5 cm³/mol. The molecular weight excluding hydrogens is 176 g/mol. The van der Waals surface area contributed by atoms with Crippen LogP contribution in [-0.4, -0.2) is 32.4 Å². The molecule has 0 heterocycles. The van der Waals surface area contributed by atoms with E-state index in [1.54, 1.807) is 0 Å². The monoisotopic (exact) mass is 188 g/mol. The van der Waals surface area contributed by atoms with Crippen molar-refractivity contribution in [1.29, 1.82) is 0 Å². The fourth-order valence-electron chi connectivity index (χ4n) is 0.715. The molecule has 0 aromatic carbocycles. The fraction of sp³-hybridized carbons (Fsp3) is 0.714. The third kappa shape index (κ3) is 2.48. The highest BCUT2D eigenvalue weighted by Gasteiger charge is 2.28. The molecule has 0 aliphatic heterocycles. The average molecular weight is 188 g/mol. The van der Waals surface area contributed by atoms with Crippen LogP contribution in [0.1, 0.15) is 12.8 Å². The summed E-state index contributed by atoms with van der Waals surface area (Å²) < 4.78 is 26.2. The smallest absolute Gasteiger partial charge is 0.199 e. The molecule has 0 aromatic rings. The van der Waals surface area contributed by atoms with Crippen LogP contribution in [-0.2, 0) is 10.2 Å². The standard InChI is InChI=1S/C7H12N2O2S/c1-3-6-9(2)12(10,11)8-7-4-5-7/h1,7-8H,4-6H2,2H3. The van der Waals surface area contributed by atoms with Crippen LogP contribution in [0, 0.1) is 12.3 Å². The maximum atomic E-state index is 11.3. The normalized spacial score (nSPS) is 17.8. The Morgan fingerprint density at radius 3 is 2.67 bits per heavy atom. The number of terminal acetylenes is 1. The molecule has 0 radical (unpaired) electrons. The van der Waals surface area contributed by atoms with E-state index in [1.807, 2.05) is 0 Å². The molecular formula is C7H12N2O2S. The zero-order chi connectivity index (χ0) is 9.19. The van der Waals surface area contributed by atoms with Gasteiger partial charge in [0.1, 0.15) is 0 Å². The first-order valence-electron chi connectivity index (χ1n) is 3.73. The highest BCUT2D eigenvalue weighted by molar-refractivity contribution is 7.87. The van der Waals surface area contributed by atoms with Gasteiger partial charge in [0.15, 0.2) is 0 Å². The first kappa shape index (κ1) is 9.52. The van der Waals surface area contributed by atoms with Gasteiger partial charge in [-0.05, 0) is 12.8 Å². The fourth-order valence-corrected chi connectivity index (χ4v) is 1.80. The van der Waals surface area contributed by atoms with Crippen molar-refractivity contribution in [3.8, 4) is 12.3 Å². The molecule has 68 valence electrons. The zero-order valence-corrected chi connectivity index (χ0v) is 7.76. The highest BCUT2D eigenvalue weighted by atomic mass is 32.2. The number of rotatable bonds is 4. The molecule has 12 heavy (non-hydrogen) atoms. The third-order valence-electron chi connectivity index (χ3n) is 1.62. The highest BCUT2D eigenvalue weighted by Crippen LogP contribution is 2.20. The molecule has 1 fully saturated rings. The van der Waals surface area contributed by atoms with E-state index >= 15 is 0 Å². The third-order valence-corrected chi connectivity index (χ3v) is 3.20. The van der Waals surface area contributed by atoms with Crippen LogP contribution in [0.3, 0.4) is 0 Å². The maximum Gasteiger partial charge on any atom is 0.280 e. The summed E-state index contributed by atoms with van der Waals surface area (Å²) in [5.74, 6) is 2.27. The number of hydrogen-bond acceptors (Lipinski definition) is 2. The van der Waals surface area contributed by atoms with Crippen molar-refractivity contribution in [1.82, 2.24) is 9.03 Å². The molecule has 5 heteroatoms. The first-order chi connectivity index (χ1) is 5.56. The van der Waals surface area contributed by atoms with Gasteiger partial charge in [-0.15, -0.1) is 6.42 Å². The molecule has 1 rings (SSSR count). The number of nitrogens with zero attached hydrogens (tertiary/aromatic N) is 1. The molecule has 4 nitrogen and oxygen atoms in total. The van der Waals surface area contributed by atoms with Gasteiger partial charge in [0.2, 0.25) is 0 Å². The van der Waals surface area contributed by atoms with E-state index in [1.165, 1.54) is 7.05 Å². The predicted octanol–water partition coefficient (Wildman–Crippen LogP) is -0.452. The first-order valence-corrected chi connectivity index (χ1v) is 5.17. The summed E-state index contributed by atoms with van der Waals surface area (Å²) in [6.07, 6.45) is 6.86. The van der Waals surface area contributed by atoms with Crippen molar-refractivity contribution in [2.75, 3.05) is 13.6 Å². The Morgan fingerprint density at radius 2 is 2.25 bits per heavy atom. The molecule has 0 unspecified atom stereocenters. The van der Waals surface area contributed by atoms with Crippen molar-refractivity contribution in [2.45, 2.75) is 18.9 Å². The van der Waals surface area contributed by atoms with Crippen molar-refractivity contribution >= 4 is 10.2 Å². The van der Waals surface area contributed by atoms with Crippen LogP contribution in [0.4, 0.5) is 0 Å². The second-order valence-electron chi connectivity index (χ2n) is 2.86. The molecule has 0 saturated heterocycles. The molecule has 0 aromatic heterocycles. The number of nitrogens with one attached hydrogen (secondary N) is 1. The average Bonchev–Trinajstić information content (AvgIpc) is 2.71. The van der Waals surface area contributed by atoms with Gasteiger partial charge in [0.25, 0.3) is 10.2 Å². The lowest BCUT2D eigenvalue weighted by Crippen LogP contribution is -2.39. The minimum atomic E-state index is -3.32. The van der Waals surface area contributed by atoms with Crippen LogP contribution in [0.5, 0.6) is 0 Å². The van der Waals surface area contributed by atoms with E-state index < -0.39 is 10.2 Å². The van der Waals surface area contributed by atoms with Gasteiger partial charge in [0.05, 0.1) is 6.54 Å². The van der Waals surface area contributed by atoms with E-state index in [0.29, 0.717) is 0 Å². The van der Waals surface area contributed by atoms with Crippen LogP contribution in [0.2, 0.25) is 0 Å². The topological polar surface area (TPSA) is 49.4 Å². The van der Waals surface area contributed by atoms with Crippen molar-refractivity contribution in [2.24, 2.45) is 0 Å². The largest absolute Gasteiger partial charge is 0.280 e. The Labute approximate surface area is 73.1 Å². The Hall–Kier alpha value is -0.570. The minimum absolute atomic E-state index is 0.113. The van der Waals surface area contributed by atoms with Gasteiger partial charge in [-0.2, -0.15) is 17.4 Å². The van der Waals surface area contributed by atoms with E-state index in [4.69, 9.17) is 6.42 Å². The van der Waals surface area contributed by atoms with Crippen LogP contribution < -0.4 is 4.72 Å². The van der Waals surface area contributed by atoms with Gasteiger partial charge in [-0.25, -0.2) is 0 Å². The lowest BCUT2D eigenvalue weighted by Gasteiger charge is -2.14. The van der Waals surface area contributed by atoms with Gasteiger partial charge in [-0.1, -0.05) is 5.92 Å². The van der Waals surface area contributed by atoms with Gasteiger partial charge in [-0.3, -0.25) is 0 Å². The molecule has 1 N–H and O–H groups in total. The summed E-state index contributed by atoms with van der Waals surface area (Å²) in [7, 11) is -1.86. The Balaban J connectivity index is 2.51. The van der Waals surface area contributed by atoms with Crippen LogP contribution >= 0.6 is 0 Å². The molecule has 1 aliphatic carbocycles. The summed E-state index contributed by atoms with van der Waals surface area (Å²) in [5, 5.41) is 0. The molecule has 0 atom stereocenters. The van der Waals surface area contributed by atoms with Crippen molar-refractivity contribution in [3.05, 3.63) is 0 Å². The summed E-state index contributed by atoms with van der Waals surface area (Å²) in [5.41, 5.74) is 0. The molecule has 0 spiro atoms. The van der Waals surface area contributed by atoms with Gasteiger partial charge in [0, 0.05) is 13.1 Å².